The number of thiophene rings is 1. The van der Waals surface area contributed by atoms with E-state index < -0.39 is 0 Å². The number of carbonyl (C=O) groups is 1. The van der Waals surface area contributed by atoms with Gasteiger partial charge in [0.1, 0.15) is 4.88 Å². The van der Waals surface area contributed by atoms with Crippen LogP contribution in [0, 0.1) is 0 Å². The van der Waals surface area contributed by atoms with E-state index in [1.54, 1.807) is 31.4 Å². The largest absolute Gasteiger partial charge is 0.493 e. The van der Waals surface area contributed by atoms with E-state index in [4.69, 9.17) is 21.1 Å². The van der Waals surface area contributed by atoms with Gasteiger partial charge in [-0.25, -0.2) is 0 Å². The number of aromatic nitrogens is 1. The SMILES string of the molecule is COc1ccc(CN(CCc2ccccn2)C(=O)c2sccc2Cl)cc1OC. The van der Waals surface area contributed by atoms with E-state index in [2.05, 4.69) is 4.98 Å². The first kappa shape index (κ1) is 20.2. The lowest BCUT2D eigenvalue weighted by Gasteiger charge is -2.23. The number of carbonyl (C=O) groups excluding carboxylic acids is 1. The Morgan fingerprint density at radius 3 is 2.61 bits per heavy atom. The molecule has 0 atom stereocenters. The molecule has 0 saturated heterocycles. The summed E-state index contributed by atoms with van der Waals surface area (Å²) in [5.74, 6) is 1.19. The van der Waals surface area contributed by atoms with Crippen LogP contribution in [-0.2, 0) is 13.0 Å². The molecule has 3 rings (SSSR count). The topological polar surface area (TPSA) is 51.7 Å². The van der Waals surface area contributed by atoms with Crippen molar-refractivity contribution in [3.05, 3.63) is 75.2 Å². The monoisotopic (exact) mass is 416 g/mol. The van der Waals surface area contributed by atoms with Crippen molar-refractivity contribution in [2.45, 2.75) is 13.0 Å². The Balaban J connectivity index is 1.83. The van der Waals surface area contributed by atoms with Crippen molar-refractivity contribution >= 4 is 28.8 Å². The van der Waals surface area contributed by atoms with Crippen LogP contribution in [0.2, 0.25) is 5.02 Å². The van der Waals surface area contributed by atoms with Crippen molar-refractivity contribution in [1.29, 1.82) is 0 Å². The summed E-state index contributed by atoms with van der Waals surface area (Å²) in [6.07, 6.45) is 2.41. The molecule has 0 aliphatic carbocycles. The normalized spacial score (nSPS) is 10.5. The first-order valence-electron chi connectivity index (χ1n) is 8.75. The van der Waals surface area contributed by atoms with E-state index in [9.17, 15) is 4.79 Å². The zero-order valence-corrected chi connectivity index (χ0v) is 17.3. The van der Waals surface area contributed by atoms with Crippen molar-refractivity contribution in [2.75, 3.05) is 20.8 Å². The fraction of sp³-hybridized carbons (Fsp3) is 0.238. The fourth-order valence-corrected chi connectivity index (χ4v) is 3.94. The van der Waals surface area contributed by atoms with E-state index in [0.717, 1.165) is 11.3 Å². The lowest BCUT2D eigenvalue weighted by Crippen LogP contribution is -2.32. The molecule has 0 unspecified atom stereocenters. The van der Waals surface area contributed by atoms with Gasteiger partial charge >= 0.3 is 0 Å². The second-order valence-corrected chi connectivity index (χ2v) is 7.41. The molecule has 7 heteroatoms. The minimum atomic E-state index is -0.0919. The number of amides is 1. The molecule has 3 aromatic rings. The standard InChI is InChI=1S/C21H21ClN2O3S/c1-26-18-7-6-15(13-19(18)27-2)14-24(11-8-16-5-3-4-10-23-16)21(25)20-17(22)9-12-28-20/h3-7,9-10,12-13H,8,11,14H2,1-2H3. The summed E-state index contributed by atoms with van der Waals surface area (Å²) in [6.45, 7) is 0.957. The molecule has 0 saturated carbocycles. The smallest absolute Gasteiger partial charge is 0.265 e. The van der Waals surface area contributed by atoms with Crippen LogP contribution in [0.3, 0.4) is 0 Å². The number of hydrogen-bond donors (Lipinski definition) is 0. The molecule has 5 nitrogen and oxygen atoms in total. The van der Waals surface area contributed by atoms with Gasteiger partial charge in [0.25, 0.3) is 5.91 Å². The Kier molecular flexibility index (Phi) is 6.90. The highest BCUT2D eigenvalue weighted by Crippen LogP contribution is 2.29. The quantitative estimate of drug-likeness (QED) is 0.534. The van der Waals surface area contributed by atoms with Crippen LogP contribution in [0.4, 0.5) is 0 Å². The van der Waals surface area contributed by atoms with Crippen LogP contribution in [-0.4, -0.2) is 36.6 Å². The molecule has 0 aliphatic rings. The summed E-state index contributed by atoms with van der Waals surface area (Å²) in [4.78, 5) is 19.8. The predicted molar refractivity (Wildman–Crippen MR) is 112 cm³/mol. The predicted octanol–water partition coefficient (Wildman–Crippen LogP) is 4.70. The minimum Gasteiger partial charge on any atom is -0.493 e. The summed E-state index contributed by atoms with van der Waals surface area (Å²) in [5, 5.41) is 2.30. The Labute approximate surface area is 173 Å². The fourth-order valence-electron chi connectivity index (χ4n) is 2.84. The van der Waals surface area contributed by atoms with Gasteiger partial charge in [0.2, 0.25) is 0 Å². The van der Waals surface area contributed by atoms with Crippen molar-refractivity contribution in [1.82, 2.24) is 9.88 Å². The highest BCUT2D eigenvalue weighted by atomic mass is 35.5. The van der Waals surface area contributed by atoms with Gasteiger partial charge in [-0.2, -0.15) is 0 Å². The molecule has 1 aromatic carbocycles. The van der Waals surface area contributed by atoms with Crippen molar-refractivity contribution < 1.29 is 14.3 Å². The molecule has 2 heterocycles. The third-order valence-electron chi connectivity index (χ3n) is 4.28. The molecule has 1 amide bonds. The number of benzene rings is 1. The number of nitrogens with zero attached hydrogens (tertiary/aromatic N) is 2. The van der Waals surface area contributed by atoms with Crippen LogP contribution in [0.1, 0.15) is 20.9 Å². The number of hydrogen-bond acceptors (Lipinski definition) is 5. The average molecular weight is 417 g/mol. The molecule has 2 aromatic heterocycles. The summed E-state index contributed by atoms with van der Waals surface area (Å²) in [6, 6.07) is 13.2. The molecule has 0 aliphatic heterocycles. The Hall–Kier alpha value is -2.57. The number of ether oxygens (including phenoxy) is 2. The Bertz CT molecular complexity index is 930. The third kappa shape index (κ3) is 4.82. The number of halogens is 1. The van der Waals surface area contributed by atoms with Gasteiger partial charge in [-0.15, -0.1) is 11.3 Å². The first-order chi connectivity index (χ1) is 13.6. The lowest BCUT2D eigenvalue weighted by molar-refractivity contribution is 0.0749. The zero-order valence-electron chi connectivity index (χ0n) is 15.7. The van der Waals surface area contributed by atoms with E-state index in [1.807, 2.05) is 41.8 Å². The highest BCUT2D eigenvalue weighted by Gasteiger charge is 2.21. The van der Waals surface area contributed by atoms with E-state index in [1.165, 1.54) is 11.3 Å². The van der Waals surface area contributed by atoms with E-state index in [0.29, 0.717) is 40.9 Å². The van der Waals surface area contributed by atoms with E-state index >= 15 is 0 Å². The lowest BCUT2D eigenvalue weighted by atomic mass is 10.1. The Morgan fingerprint density at radius 2 is 1.96 bits per heavy atom. The van der Waals surface area contributed by atoms with Crippen molar-refractivity contribution in [2.24, 2.45) is 0 Å². The van der Waals surface area contributed by atoms with E-state index in [-0.39, 0.29) is 5.91 Å². The average Bonchev–Trinajstić information content (AvgIpc) is 3.17. The van der Waals surface area contributed by atoms with Crippen LogP contribution >= 0.6 is 22.9 Å². The Morgan fingerprint density at radius 1 is 1.14 bits per heavy atom. The second kappa shape index (κ2) is 9.57. The van der Waals surface area contributed by atoms with Gasteiger partial charge in [0.15, 0.2) is 11.5 Å². The molecule has 0 N–H and O–H groups in total. The number of pyridine rings is 1. The summed E-state index contributed by atoms with van der Waals surface area (Å²) < 4.78 is 10.7. The summed E-state index contributed by atoms with van der Waals surface area (Å²) >= 11 is 7.55. The molecular formula is C21H21ClN2O3S. The molecular weight excluding hydrogens is 396 g/mol. The van der Waals surface area contributed by atoms with Gasteiger partial charge in [-0.05, 0) is 41.3 Å². The van der Waals surface area contributed by atoms with Gasteiger partial charge < -0.3 is 14.4 Å². The molecule has 0 spiro atoms. The molecule has 0 fully saturated rings. The molecule has 146 valence electrons. The van der Waals surface area contributed by atoms with Gasteiger partial charge in [0.05, 0.1) is 19.2 Å². The minimum absolute atomic E-state index is 0.0919. The molecule has 28 heavy (non-hydrogen) atoms. The van der Waals surface area contributed by atoms with Gasteiger partial charge in [0, 0.05) is 31.4 Å². The van der Waals surface area contributed by atoms with Crippen molar-refractivity contribution in [3.8, 4) is 11.5 Å². The zero-order chi connectivity index (χ0) is 19.9. The van der Waals surface area contributed by atoms with Crippen molar-refractivity contribution in [3.63, 3.8) is 0 Å². The van der Waals surface area contributed by atoms with Crippen LogP contribution < -0.4 is 9.47 Å². The van der Waals surface area contributed by atoms with Crippen LogP contribution in [0.5, 0.6) is 11.5 Å². The number of rotatable bonds is 8. The summed E-state index contributed by atoms with van der Waals surface area (Å²) in [5.41, 5.74) is 1.88. The van der Waals surface area contributed by atoms with Gasteiger partial charge in [-0.3, -0.25) is 9.78 Å². The van der Waals surface area contributed by atoms with Crippen LogP contribution in [0.25, 0.3) is 0 Å². The maximum Gasteiger partial charge on any atom is 0.265 e. The molecule has 0 radical (unpaired) electrons. The summed E-state index contributed by atoms with van der Waals surface area (Å²) in [7, 11) is 3.19. The molecule has 0 bridgehead atoms. The highest BCUT2D eigenvalue weighted by molar-refractivity contribution is 7.12. The first-order valence-corrected chi connectivity index (χ1v) is 10.0. The maximum atomic E-state index is 13.1. The van der Waals surface area contributed by atoms with Gasteiger partial charge in [-0.1, -0.05) is 23.7 Å². The second-order valence-electron chi connectivity index (χ2n) is 6.08. The number of methoxy groups -OCH3 is 2. The maximum absolute atomic E-state index is 13.1. The third-order valence-corrected chi connectivity index (χ3v) is 5.61. The van der Waals surface area contributed by atoms with Crippen LogP contribution in [0.15, 0.2) is 54.0 Å².